The van der Waals surface area contributed by atoms with E-state index in [0.717, 1.165) is 12.8 Å². The highest BCUT2D eigenvalue weighted by Crippen LogP contribution is 2.21. The summed E-state index contributed by atoms with van der Waals surface area (Å²) in [6.07, 6.45) is 3.93. The third-order valence-corrected chi connectivity index (χ3v) is 3.49. The molecule has 1 aromatic carbocycles. The van der Waals surface area contributed by atoms with E-state index in [4.69, 9.17) is 4.74 Å². The number of unbranched alkanes of at least 4 members (excludes halogenated alkanes) is 1. The molecule has 0 bridgehead atoms. The molecule has 0 atom stereocenters. The van der Waals surface area contributed by atoms with E-state index in [2.05, 4.69) is 15.6 Å². The first-order valence-corrected chi connectivity index (χ1v) is 8.43. The Bertz CT molecular complexity index is 714. The highest BCUT2D eigenvalue weighted by Gasteiger charge is 2.12. The van der Waals surface area contributed by atoms with Gasteiger partial charge >= 0.3 is 5.97 Å². The van der Waals surface area contributed by atoms with Crippen molar-refractivity contribution in [3.63, 3.8) is 0 Å². The van der Waals surface area contributed by atoms with E-state index in [0.29, 0.717) is 35.8 Å². The Kier molecular flexibility index (Phi) is 6.95. The number of carbonyl (C=O) groups is 2. The van der Waals surface area contributed by atoms with Gasteiger partial charge in [0.05, 0.1) is 29.7 Å². The first-order valence-electron chi connectivity index (χ1n) is 8.43. The Balaban J connectivity index is 2.04. The summed E-state index contributed by atoms with van der Waals surface area (Å²) in [5.41, 5.74) is 1.71. The van der Waals surface area contributed by atoms with Crippen molar-refractivity contribution in [2.45, 2.75) is 33.1 Å². The molecule has 0 aliphatic heterocycles. The van der Waals surface area contributed by atoms with Gasteiger partial charge < -0.3 is 15.4 Å². The quantitative estimate of drug-likeness (QED) is 0.706. The van der Waals surface area contributed by atoms with Gasteiger partial charge in [0, 0.05) is 6.42 Å². The number of pyridine rings is 1. The molecule has 0 saturated heterocycles. The van der Waals surface area contributed by atoms with Crippen LogP contribution in [0.4, 0.5) is 17.2 Å². The zero-order chi connectivity index (χ0) is 18.1. The standard InChI is InChI=1S/C19H23N3O3/c1-3-5-10-18(23)21-14-11-12-17(20-13-14)22-16-9-7-6-8-15(16)19(24)25-4-2/h6-9,11-13H,3-5,10H2,1-2H3,(H,20,22)(H,21,23). The smallest absolute Gasteiger partial charge is 0.340 e. The number of anilines is 3. The van der Waals surface area contributed by atoms with Crippen LogP contribution in [0.5, 0.6) is 0 Å². The third-order valence-electron chi connectivity index (χ3n) is 3.49. The highest BCUT2D eigenvalue weighted by atomic mass is 16.5. The van der Waals surface area contributed by atoms with E-state index in [9.17, 15) is 9.59 Å². The Morgan fingerprint density at radius 1 is 1.12 bits per heavy atom. The molecule has 0 saturated carbocycles. The second-order valence-corrected chi connectivity index (χ2v) is 5.47. The van der Waals surface area contributed by atoms with Crippen LogP contribution in [0.25, 0.3) is 0 Å². The Morgan fingerprint density at radius 2 is 1.92 bits per heavy atom. The number of para-hydroxylation sites is 1. The number of ether oxygens (including phenoxy) is 1. The molecule has 0 radical (unpaired) electrons. The van der Waals surface area contributed by atoms with Crippen molar-refractivity contribution in [3.05, 3.63) is 48.2 Å². The Hall–Kier alpha value is -2.89. The second kappa shape index (κ2) is 9.42. The Morgan fingerprint density at radius 3 is 2.60 bits per heavy atom. The summed E-state index contributed by atoms with van der Waals surface area (Å²) in [4.78, 5) is 28.0. The molecule has 2 N–H and O–H groups in total. The lowest BCUT2D eigenvalue weighted by Gasteiger charge is -2.11. The fourth-order valence-electron chi connectivity index (χ4n) is 2.22. The minimum Gasteiger partial charge on any atom is -0.462 e. The van der Waals surface area contributed by atoms with Crippen molar-refractivity contribution in [2.24, 2.45) is 0 Å². The number of carbonyl (C=O) groups excluding carboxylic acids is 2. The Labute approximate surface area is 147 Å². The van der Waals surface area contributed by atoms with E-state index in [-0.39, 0.29) is 11.9 Å². The largest absolute Gasteiger partial charge is 0.462 e. The SMILES string of the molecule is CCCCC(=O)Nc1ccc(Nc2ccccc2C(=O)OCC)nc1. The van der Waals surface area contributed by atoms with Crippen LogP contribution in [0.3, 0.4) is 0 Å². The van der Waals surface area contributed by atoms with Crippen LogP contribution >= 0.6 is 0 Å². The van der Waals surface area contributed by atoms with E-state index in [1.807, 2.05) is 13.0 Å². The maximum atomic E-state index is 12.0. The van der Waals surface area contributed by atoms with E-state index in [1.54, 1.807) is 43.5 Å². The number of aromatic nitrogens is 1. The molecule has 0 aliphatic carbocycles. The average Bonchev–Trinajstić information content (AvgIpc) is 2.62. The van der Waals surface area contributed by atoms with Crippen molar-refractivity contribution in [3.8, 4) is 0 Å². The molecule has 25 heavy (non-hydrogen) atoms. The van der Waals surface area contributed by atoms with E-state index in [1.165, 1.54) is 0 Å². The first kappa shape index (κ1) is 18.4. The number of rotatable bonds is 8. The number of esters is 1. The number of nitrogens with one attached hydrogen (secondary N) is 2. The average molecular weight is 341 g/mol. The molecule has 1 heterocycles. The molecule has 0 unspecified atom stereocenters. The van der Waals surface area contributed by atoms with Gasteiger partial charge in [0.15, 0.2) is 0 Å². The van der Waals surface area contributed by atoms with Crippen molar-refractivity contribution >= 4 is 29.1 Å². The summed E-state index contributed by atoms with van der Waals surface area (Å²) in [5, 5.41) is 5.91. The molecule has 2 rings (SSSR count). The van der Waals surface area contributed by atoms with Crippen LogP contribution in [0, 0.1) is 0 Å². The zero-order valence-corrected chi connectivity index (χ0v) is 14.5. The number of nitrogens with zero attached hydrogens (tertiary/aromatic N) is 1. The summed E-state index contributed by atoms with van der Waals surface area (Å²) in [6.45, 7) is 4.13. The predicted octanol–water partition coefficient (Wildman–Crippen LogP) is 4.13. The topological polar surface area (TPSA) is 80.3 Å². The van der Waals surface area contributed by atoms with E-state index >= 15 is 0 Å². The fourth-order valence-corrected chi connectivity index (χ4v) is 2.22. The molecule has 0 aliphatic rings. The second-order valence-electron chi connectivity index (χ2n) is 5.47. The summed E-state index contributed by atoms with van der Waals surface area (Å²) in [6, 6.07) is 10.6. The van der Waals surface area contributed by atoms with Crippen LogP contribution in [0.2, 0.25) is 0 Å². The lowest BCUT2D eigenvalue weighted by atomic mass is 10.2. The fraction of sp³-hybridized carbons (Fsp3) is 0.316. The van der Waals surface area contributed by atoms with Crippen LogP contribution in [0.15, 0.2) is 42.6 Å². The number of hydrogen-bond donors (Lipinski definition) is 2. The molecule has 6 nitrogen and oxygen atoms in total. The summed E-state index contributed by atoms with van der Waals surface area (Å²) in [5.74, 6) is 0.172. The molecule has 132 valence electrons. The van der Waals surface area contributed by atoms with Crippen LogP contribution in [-0.2, 0) is 9.53 Å². The minimum absolute atomic E-state index is 0.0167. The number of amides is 1. The van der Waals surface area contributed by atoms with Crippen LogP contribution in [-0.4, -0.2) is 23.5 Å². The minimum atomic E-state index is -0.384. The monoisotopic (exact) mass is 341 g/mol. The summed E-state index contributed by atoms with van der Waals surface area (Å²) >= 11 is 0. The summed E-state index contributed by atoms with van der Waals surface area (Å²) in [7, 11) is 0. The van der Waals surface area contributed by atoms with Crippen LogP contribution in [0.1, 0.15) is 43.5 Å². The maximum absolute atomic E-state index is 12.0. The number of hydrogen-bond acceptors (Lipinski definition) is 5. The van der Waals surface area contributed by atoms with Gasteiger partial charge in [-0.15, -0.1) is 0 Å². The van der Waals surface area contributed by atoms with Gasteiger partial charge in [-0.3, -0.25) is 4.79 Å². The van der Waals surface area contributed by atoms with Gasteiger partial charge in [-0.05, 0) is 37.6 Å². The van der Waals surface area contributed by atoms with Gasteiger partial charge in [0.2, 0.25) is 5.91 Å². The molecule has 2 aromatic rings. The molecular formula is C19H23N3O3. The normalized spacial score (nSPS) is 10.2. The maximum Gasteiger partial charge on any atom is 0.340 e. The molecule has 6 heteroatoms. The van der Waals surface area contributed by atoms with Crippen molar-refractivity contribution < 1.29 is 14.3 Å². The van der Waals surface area contributed by atoms with Gasteiger partial charge in [-0.25, -0.2) is 9.78 Å². The van der Waals surface area contributed by atoms with Crippen LogP contribution < -0.4 is 10.6 Å². The zero-order valence-electron chi connectivity index (χ0n) is 14.5. The first-order chi connectivity index (χ1) is 12.1. The van der Waals surface area contributed by atoms with Gasteiger partial charge in [-0.1, -0.05) is 25.5 Å². The van der Waals surface area contributed by atoms with Gasteiger partial charge in [0.1, 0.15) is 5.82 Å². The molecule has 0 fully saturated rings. The van der Waals surface area contributed by atoms with Gasteiger partial charge in [0.25, 0.3) is 0 Å². The van der Waals surface area contributed by atoms with Crippen molar-refractivity contribution in [2.75, 3.05) is 17.2 Å². The molecule has 0 spiro atoms. The lowest BCUT2D eigenvalue weighted by Crippen LogP contribution is -2.11. The predicted molar refractivity (Wildman–Crippen MR) is 98.1 cm³/mol. The molecule has 1 aromatic heterocycles. The third kappa shape index (κ3) is 5.60. The summed E-state index contributed by atoms with van der Waals surface area (Å²) < 4.78 is 5.05. The number of benzene rings is 1. The van der Waals surface area contributed by atoms with Crippen molar-refractivity contribution in [1.29, 1.82) is 0 Å². The molecule has 1 amide bonds. The van der Waals surface area contributed by atoms with Crippen molar-refractivity contribution in [1.82, 2.24) is 4.98 Å². The van der Waals surface area contributed by atoms with E-state index < -0.39 is 0 Å². The highest BCUT2D eigenvalue weighted by molar-refractivity contribution is 5.96. The lowest BCUT2D eigenvalue weighted by molar-refractivity contribution is -0.116. The molecular weight excluding hydrogens is 318 g/mol. The van der Waals surface area contributed by atoms with Gasteiger partial charge in [-0.2, -0.15) is 0 Å².